The average molecular weight is 239 g/mol. The van der Waals surface area contributed by atoms with Crippen LogP contribution >= 0.6 is 0 Å². The van der Waals surface area contributed by atoms with Crippen molar-refractivity contribution in [2.45, 2.75) is 13.2 Å². The van der Waals surface area contributed by atoms with E-state index >= 15 is 0 Å². The molecule has 0 spiro atoms. The lowest BCUT2D eigenvalue weighted by Gasteiger charge is -2.06. The third-order valence-corrected chi connectivity index (χ3v) is 2.32. The molecule has 0 amide bonds. The topological polar surface area (TPSA) is 50.7 Å². The van der Waals surface area contributed by atoms with Gasteiger partial charge >= 0.3 is 0 Å². The minimum absolute atomic E-state index is 0.0843. The molecule has 2 N–H and O–H groups in total. The van der Waals surface area contributed by atoms with Crippen LogP contribution in [0.15, 0.2) is 24.3 Å². The van der Waals surface area contributed by atoms with Crippen LogP contribution in [0.1, 0.15) is 11.1 Å². The van der Waals surface area contributed by atoms with E-state index in [4.69, 9.17) is 14.6 Å². The fourth-order valence-electron chi connectivity index (χ4n) is 1.46. The third kappa shape index (κ3) is 6.38. The Balaban J connectivity index is 2.14. The maximum absolute atomic E-state index is 8.51. The molecule has 0 fully saturated rings. The fraction of sp³-hybridized carbons (Fsp3) is 0.538. The SMILES string of the molecule is COCc1ccc(CNCCOCCO)cc1. The van der Waals surface area contributed by atoms with Gasteiger partial charge in [-0.2, -0.15) is 0 Å². The lowest BCUT2D eigenvalue weighted by atomic mass is 10.1. The fourth-order valence-corrected chi connectivity index (χ4v) is 1.46. The van der Waals surface area contributed by atoms with Gasteiger partial charge in [0, 0.05) is 20.2 Å². The van der Waals surface area contributed by atoms with Crippen LogP contribution in [0, 0.1) is 0 Å². The standard InChI is InChI=1S/C13H21NO3/c1-16-11-13-4-2-12(3-5-13)10-14-6-8-17-9-7-15/h2-5,14-15H,6-11H2,1H3. The Kier molecular flexibility index (Phi) is 7.58. The van der Waals surface area contributed by atoms with Gasteiger partial charge in [-0.25, -0.2) is 0 Å². The Labute approximate surface area is 103 Å². The van der Waals surface area contributed by atoms with E-state index in [0.29, 0.717) is 19.8 Å². The number of hydrogen-bond donors (Lipinski definition) is 2. The molecule has 1 aromatic carbocycles. The van der Waals surface area contributed by atoms with Gasteiger partial charge in [0.2, 0.25) is 0 Å². The quantitative estimate of drug-likeness (QED) is 0.629. The van der Waals surface area contributed by atoms with Crippen molar-refractivity contribution in [2.75, 3.05) is 33.5 Å². The predicted molar refractivity (Wildman–Crippen MR) is 66.8 cm³/mol. The summed E-state index contributed by atoms with van der Waals surface area (Å²) in [6.07, 6.45) is 0. The number of aliphatic hydroxyl groups is 1. The van der Waals surface area contributed by atoms with Crippen molar-refractivity contribution >= 4 is 0 Å². The highest BCUT2D eigenvalue weighted by Crippen LogP contribution is 2.04. The Morgan fingerprint density at radius 3 is 2.47 bits per heavy atom. The molecule has 0 aliphatic carbocycles. The normalized spacial score (nSPS) is 10.7. The molecule has 0 saturated carbocycles. The number of rotatable bonds is 9. The second-order valence-corrected chi connectivity index (χ2v) is 3.76. The zero-order valence-corrected chi connectivity index (χ0v) is 10.3. The molecule has 17 heavy (non-hydrogen) atoms. The molecule has 0 aliphatic rings. The summed E-state index contributed by atoms with van der Waals surface area (Å²) >= 11 is 0. The van der Waals surface area contributed by atoms with Gasteiger partial charge < -0.3 is 19.9 Å². The third-order valence-electron chi connectivity index (χ3n) is 2.32. The van der Waals surface area contributed by atoms with E-state index in [0.717, 1.165) is 13.1 Å². The zero-order valence-electron chi connectivity index (χ0n) is 10.3. The van der Waals surface area contributed by atoms with E-state index in [1.807, 2.05) is 0 Å². The summed E-state index contributed by atoms with van der Waals surface area (Å²) in [4.78, 5) is 0. The second-order valence-electron chi connectivity index (χ2n) is 3.76. The van der Waals surface area contributed by atoms with Crippen molar-refractivity contribution in [1.29, 1.82) is 0 Å². The predicted octanol–water partition coefficient (Wildman–Crippen LogP) is 0.931. The molecule has 0 radical (unpaired) electrons. The summed E-state index contributed by atoms with van der Waals surface area (Å²) in [5.74, 6) is 0. The summed E-state index contributed by atoms with van der Waals surface area (Å²) < 4.78 is 10.2. The maximum atomic E-state index is 8.51. The van der Waals surface area contributed by atoms with Gasteiger partial charge in [-0.05, 0) is 11.1 Å². The minimum Gasteiger partial charge on any atom is -0.394 e. The van der Waals surface area contributed by atoms with Crippen molar-refractivity contribution in [3.05, 3.63) is 35.4 Å². The first-order valence-electron chi connectivity index (χ1n) is 5.83. The van der Waals surface area contributed by atoms with E-state index < -0.39 is 0 Å². The van der Waals surface area contributed by atoms with Crippen LogP contribution in [-0.4, -0.2) is 38.6 Å². The van der Waals surface area contributed by atoms with Crippen molar-refractivity contribution in [3.63, 3.8) is 0 Å². The monoisotopic (exact) mass is 239 g/mol. The number of aliphatic hydroxyl groups excluding tert-OH is 1. The smallest absolute Gasteiger partial charge is 0.0713 e. The Morgan fingerprint density at radius 1 is 1.12 bits per heavy atom. The molecule has 0 heterocycles. The lowest BCUT2D eigenvalue weighted by molar-refractivity contribution is 0.0938. The number of benzene rings is 1. The first kappa shape index (κ1) is 14.1. The summed E-state index contributed by atoms with van der Waals surface area (Å²) in [5, 5.41) is 11.8. The molecule has 0 aliphatic heterocycles. The first-order valence-corrected chi connectivity index (χ1v) is 5.83. The molecule has 96 valence electrons. The summed E-state index contributed by atoms with van der Waals surface area (Å²) in [6, 6.07) is 8.33. The Bertz CT molecular complexity index is 287. The highest BCUT2D eigenvalue weighted by Gasteiger charge is 1.94. The summed E-state index contributed by atoms with van der Waals surface area (Å²) in [5.41, 5.74) is 2.43. The Morgan fingerprint density at radius 2 is 1.82 bits per heavy atom. The molecule has 4 heteroatoms. The van der Waals surface area contributed by atoms with Gasteiger partial charge in [0.25, 0.3) is 0 Å². The van der Waals surface area contributed by atoms with Gasteiger partial charge in [0.15, 0.2) is 0 Å². The van der Waals surface area contributed by atoms with Crippen LogP contribution in [0.4, 0.5) is 0 Å². The van der Waals surface area contributed by atoms with Crippen LogP contribution in [-0.2, 0) is 22.6 Å². The number of nitrogens with one attached hydrogen (secondary N) is 1. The van der Waals surface area contributed by atoms with Gasteiger partial charge in [-0.1, -0.05) is 24.3 Å². The molecular formula is C13H21NO3. The molecule has 0 bridgehead atoms. The molecule has 1 aromatic rings. The molecule has 1 rings (SSSR count). The van der Waals surface area contributed by atoms with E-state index in [1.165, 1.54) is 11.1 Å². The molecule has 0 unspecified atom stereocenters. The average Bonchev–Trinajstić information content (AvgIpc) is 2.36. The maximum Gasteiger partial charge on any atom is 0.0713 e. The van der Waals surface area contributed by atoms with Gasteiger partial charge in [0.05, 0.1) is 26.4 Å². The zero-order chi connectivity index (χ0) is 12.3. The first-order chi connectivity index (χ1) is 8.36. The van der Waals surface area contributed by atoms with Crippen LogP contribution < -0.4 is 5.32 Å². The summed E-state index contributed by atoms with van der Waals surface area (Å²) in [6.45, 7) is 3.40. The molecular weight excluding hydrogens is 218 g/mol. The molecule has 0 atom stereocenters. The van der Waals surface area contributed by atoms with E-state index in [2.05, 4.69) is 29.6 Å². The van der Waals surface area contributed by atoms with Gasteiger partial charge in [-0.15, -0.1) is 0 Å². The van der Waals surface area contributed by atoms with Crippen molar-refractivity contribution < 1.29 is 14.6 Å². The highest BCUT2D eigenvalue weighted by molar-refractivity contribution is 5.21. The van der Waals surface area contributed by atoms with Crippen molar-refractivity contribution in [2.24, 2.45) is 0 Å². The van der Waals surface area contributed by atoms with Crippen LogP contribution in [0.3, 0.4) is 0 Å². The summed E-state index contributed by atoms with van der Waals surface area (Å²) in [7, 11) is 1.70. The molecule has 0 aromatic heterocycles. The largest absolute Gasteiger partial charge is 0.394 e. The molecule has 0 saturated heterocycles. The molecule has 4 nitrogen and oxygen atoms in total. The number of hydrogen-bond acceptors (Lipinski definition) is 4. The van der Waals surface area contributed by atoms with Crippen LogP contribution in [0.5, 0.6) is 0 Å². The minimum atomic E-state index is 0.0843. The lowest BCUT2D eigenvalue weighted by Crippen LogP contribution is -2.19. The van der Waals surface area contributed by atoms with E-state index in [-0.39, 0.29) is 6.61 Å². The van der Waals surface area contributed by atoms with Crippen molar-refractivity contribution in [3.8, 4) is 0 Å². The van der Waals surface area contributed by atoms with Crippen molar-refractivity contribution in [1.82, 2.24) is 5.32 Å². The highest BCUT2D eigenvalue weighted by atomic mass is 16.5. The number of ether oxygens (including phenoxy) is 2. The Hall–Kier alpha value is -0.940. The van der Waals surface area contributed by atoms with Crippen LogP contribution in [0.2, 0.25) is 0 Å². The van der Waals surface area contributed by atoms with Gasteiger partial charge in [0.1, 0.15) is 0 Å². The van der Waals surface area contributed by atoms with E-state index in [1.54, 1.807) is 7.11 Å². The van der Waals surface area contributed by atoms with Crippen LogP contribution in [0.25, 0.3) is 0 Å². The number of methoxy groups -OCH3 is 1. The second kappa shape index (κ2) is 9.13. The van der Waals surface area contributed by atoms with Gasteiger partial charge in [-0.3, -0.25) is 0 Å². The van der Waals surface area contributed by atoms with E-state index in [9.17, 15) is 0 Å².